The molecule has 0 spiro atoms. The van der Waals surface area contributed by atoms with E-state index in [-0.39, 0.29) is 17.4 Å². The van der Waals surface area contributed by atoms with Crippen molar-refractivity contribution < 1.29 is 14.3 Å². The van der Waals surface area contributed by atoms with Gasteiger partial charge in [-0.05, 0) is 18.8 Å². The van der Waals surface area contributed by atoms with Crippen LogP contribution in [-0.2, 0) is 4.74 Å². The molecule has 6 heteroatoms. The van der Waals surface area contributed by atoms with Crippen LogP contribution < -0.4 is 10.5 Å². The van der Waals surface area contributed by atoms with E-state index in [2.05, 4.69) is 14.7 Å². The zero-order valence-corrected chi connectivity index (χ0v) is 8.97. The molecule has 1 fully saturated rings. The van der Waals surface area contributed by atoms with Gasteiger partial charge >= 0.3 is 5.97 Å². The molecule has 1 aromatic rings. The highest BCUT2D eigenvalue weighted by atomic mass is 16.5. The highest BCUT2D eigenvalue weighted by molar-refractivity contribution is 5.87. The molecule has 0 saturated heterocycles. The number of nitrogens with zero attached hydrogens (tertiary/aromatic N) is 2. The zero-order chi connectivity index (χ0) is 11.5. The van der Waals surface area contributed by atoms with Crippen molar-refractivity contribution in [2.45, 2.75) is 12.8 Å². The van der Waals surface area contributed by atoms with Crippen LogP contribution in [0.15, 0.2) is 6.20 Å². The number of rotatable bonds is 4. The van der Waals surface area contributed by atoms with Crippen molar-refractivity contribution in [2.24, 2.45) is 5.92 Å². The fourth-order valence-corrected chi connectivity index (χ4v) is 1.17. The third-order valence-electron chi connectivity index (χ3n) is 2.31. The molecular weight excluding hydrogens is 210 g/mol. The van der Waals surface area contributed by atoms with Gasteiger partial charge in [-0.2, -0.15) is 0 Å². The number of nitrogen functional groups attached to an aromatic ring is 1. The van der Waals surface area contributed by atoms with Crippen LogP contribution in [-0.4, -0.2) is 29.7 Å². The molecule has 0 bridgehead atoms. The summed E-state index contributed by atoms with van der Waals surface area (Å²) in [4.78, 5) is 19.0. The molecule has 0 radical (unpaired) electrons. The molecule has 1 saturated carbocycles. The topological polar surface area (TPSA) is 87.3 Å². The molecule has 1 aliphatic rings. The van der Waals surface area contributed by atoms with E-state index in [0.29, 0.717) is 12.5 Å². The van der Waals surface area contributed by atoms with Gasteiger partial charge in [0, 0.05) is 0 Å². The van der Waals surface area contributed by atoms with E-state index in [9.17, 15) is 4.79 Å². The van der Waals surface area contributed by atoms with Crippen molar-refractivity contribution in [1.82, 2.24) is 9.97 Å². The fourth-order valence-electron chi connectivity index (χ4n) is 1.17. The summed E-state index contributed by atoms with van der Waals surface area (Å²) in [6.45, 7) is 0.573. The number of ether oxygens (including phenoxy) is 2. The first-order valence-corrected chi connectivity index (χ1v) is 5.04. The van der Waals surface area contributed by atoms with Crippen molar-refractivity contribution in [1.29, 1.82) is 0 Å². The molecule has 0 atom stereocenters. The number of carbonyl (C=O) groups excluding carboxylic acids is 1. The Morgan fingerprint density at radius 2 is 2.38 bits per heavy atom. The first-order valence-electron chi connectivity index (χ1n) is 5.04. The molecule has 1 aliphatic carbocycles. The van der Waals surface area contributed by atoms with Gasteiger partial charge in [0.2, 0.25) is 0 Å². The second-order valence-corrected chi connectivity index (χ2v) is 3.69. The maximum absolute atomic E-state index is 11.2. The van der Waals surface area contributed by atoms with Crippen LogP contribution in [0, 0.1) is 5.92 Å². The Balaban J connectivity index is 2.11. The number of hydrogen-bond acceptors (Lipinski definition) is 6. The van der Waals surface area contributed by atoms with Gasteiger partial charge in [0.05, 0.1) is 19.9 Å². The van der Waals surface area contributed by atoms with E-state index >= 15 is 0 Å². The van der Waals surface area contributed by atoms with Crippen LogP contribution in [0.5, 0.6) is 5.88 Å². The molecule has 0 aromatic carbocycles. The fraction of sp³-hybridized carbons (Fsp3) is 0.500. The van der Waals surface area contributed by atoms with E-state index in [1.165, 1.54) is 26.1 Å². The largest absolute Gasteiger partial charge is 0.475 e. The van der Waals surface area contributed by atoms with Gasteiger partial charge in [-0.1, -0.05) is 0 Å². The second kappa shape index (κ2) is 4.34. The number of aromatic nitrogens is 2. The summed E-state index contributed by atoms with van der Waals surface area (Å²) in [6.07, 6.45) is 3.61. The van der Waals surface area contributed by atoms with E-state index in [0.717, 1.165) is 0 Å². The maximum Gasteiger partial charge on any atom is 0.358 e. The molecule has 0 amide bonds. The molecular formula is C10H13N3O3. The molecule has 86 valence electrons. The van der Waals surface area contributed by atoms with Gasteiger partial charge in [0.25, 0.3) is 5.88 Å². The van der Waals surface area contributed by atoms with Crippen molar-refractivity contribution in [3.63, 3.8) is 0 Å². The Morgan fingerprint density at radius 1 is 1.62 bits per heavy atom. The molecule has 6 nitrogen and oxygen atoms in total. The smallest absolute Gasteiger partial charge is 0.358 e. The third kappa shape index (κ3) is 2.39. The lowest BCUT2D eigenvalue weighted by atomic mass is 10.4. The monoisotopic (exact) mass is 223 g/mol. The number of nitrogens with two attached hydrogens (primary N) is 1. The minimum atomic E-state index is -0.552. The number of esters is 1. The van der Waals surface area contributed by atoms with Gasteiger partial charge in [-0.3, -0.25) is 0 Å². The lowest BCUT2D eigenvalue weighted by Gasteiger charge is -2.07. The SMILES string of the molecule is COC(=O)c1cnc(N)c(OCC2CC2)n1. The van der Waals surface area contributed by atoms with Crippen molar-refractivity contribution in [3.8, 4) is 5.88 Å². The standard InChI is InChI=1S/C10H13N3O3/c1-15-10(14)7-4-12-8(11)9(13-7)16-5-6-2-3-6/h4,6H,2-3,5H2,1H3,(H2,11,12). The average Bonchev–Trinajstić information content (AvgIpc) is 3.11. The summed E-state index contributed by atoms with van der Waals surface area (Å²) >= 11 is 0. The molecule has 2 rings (SSSR count). The number of carbonyl (C=O) groups is 1. The number of anilines is 1. The summed E-state index contributed by atoms with van der Waals surface area (Å²) < 4.78 is 9.92. The predicted molar refractivity (Wildman–Crippen MR) is 56.0 cm³/mol. The van der Waals surface area contributed by atoms with Crippen LogP contribution in [0.25, 0.3) is 0 Å². The van der Waals surface area contributed by atoms with Crippen molar-refractivity contribution in [3.05, 3.63) is 11.9 Å². The van der Waals surface area contributed by atoms with E-state index in [4.69, 9.17) is 10.5 Å². The van der Waals surface area contributed by atoms with Gasteiger partial charge < -0.3 is 15.2 Å². The summed E-state index contributed by atoms with van der Waals surface area (Å²) in [5.41, 5.74) is 5.69. The van der Waals surface area contributed by atoms with Crippen molar-refractivity contribution in [2.75, 3.05) is 19.5 Å². The lowest BCUT2D eigenvalue weighted by molar-refractivity contribution is 0.0592. The van der Waals surface area contributed by atoms with Crippen LogP contribution >= 0.6 is 0 Å². The zero-order valence-electron chi connectivity index (χ0n) is 8.97. The Labute approximate surface area is 92.8 Å². The van der Waals surface area contributed by atoms with Crippen LogP contribution in [0.3, 0.4) is 0 Å². The minimum Gasteiger partial charge on any atom is -0.475 e. The summed E-state index contributed by atoms with van der Waals surface area (Å²) in [5, 5.41) is 0. The predicted octanol–water partition coefficient (Wildman–Crippen LogP) is 0.634. The normalized spacial score (nSPS) is 14.6. The Morgan fingerprint density at radius 3 is 3.00 bits per heavy atom. The average molecular weight is 223 g/mol. The van der Waals surface area contributed by atoms with E-state index in [1.807, 2.05) is 0 Å². The number of hydrogen-bond donors (Lipinski definition) is 1. The number of methoxy groups -OCH3 is 1. The summed E-state index contributed by atoms with van der Waals surface area (Å²) in [7, 11) is 1.28. The Bertz CT molecular complexity index is 404. The maximum atomic E-state index is 11.2. The van der Waals surface area contributed by atoms with E-state index in [1.54, 1.807) is 0 Å². The molecule has 1 aromatic heterocycles. The van der Waals surface area contributed by atoms with Gasteiger partial charge in [0.15, 0.2) is 11.5 Å². The molecule has 2 N–H and O–H groups in total. The summed E-state index contributed by atoms with van der Waals surface area (Å²) in [5.74, 6) is 0.426. The highest BCUT2D eigenvalue weighted by Gasteiger charge is 2.23. The quantitative estimate of drug-likeness (QED) is 0.753. The first kappa shape index (κ1) is 10.7. The molecule has 16 heavy (non-hydrogen) atoms. The molecule has 0 unspecified atom stereocenters. The third-order valence-corrected chi connectivity index (χ3v) is 2.31. The highest BCUT2D eigenvalue weighted by Crippen LogP contribution is 2.29. The van der Waals surface area contributed by atoms with Gasteiger partial charge in [-0.15, -0.1) is 0 Å². The minimum absolute atomic E-state index is 0.0995. The van der Waals surface area contributed by atoms with E-state index < -0.39 is 5.97 Å². The summed E-state index contributed by atoms with van der Waals surface area (Å²) in [6, 6.07) is 0. The Kier molecular flexibility index (Phi) is 2.89. The van der Waals surface area contributed by atoms with Gasteiger partial charge in [0.1, 0.15) is 0 Å². The molecule has 1 heterocycles. The van der Waals surface area contributed by atoms with Crippen LogP contribution in [0.2, 0.25) is 0 Å². The van der Waals surface area contributed by atoms with Crippen LogP contribution in [0.1, 0.15) is 23.3 Å². The van der Waals surface area contributed by atoms with Crippen LogP contribution in [0.4, 0.5) is 5.82 Å². The second-order valence-electron chi connectivity index (χ2n) is 3.69. The molecule has 0 aliphatic heterocycles. The Hall–Kier alpha value is -1.85. The van der Waals surface area contributed by atoms with Gasteiger partial charge in [-0.25, -0.2) is 14.8 Å². The van der Waals surface area contributed by atoms with Crippen molar-refractivity contribution >= 4 is 11.8 Å². The lowest BCUT2D eigenvalue weighted by Crippen LogP contribution is -2.10. The first-order chi connectivity index (χ1) is 7.70.